The summed E-state index contributed by atoms with van der Waals surface area (Å²) in [5.74, 6) is 0.477. The smallest absolute Gasteiger partial charge is 0.260 e. The number of amides is 2. The standard InChI is InChI=1S/C28H30N2O5/c1-20(21-8-10-23(11-9-21)22-6-4-3-5-7-22)29-28(32)24-12-13-25(26(18-24)33-2)35-19-27(31)30-14-16-34-17-15-30/h3-13,18,20H,14-17,19H2,1-2H3,(H,29,32)/t20-/m0/s1. The van der Waals surface area contributed by atoms with E-state index in [1.807, 2.05) is 37.3 Å². The highest BCUT2D eigenvalue weighted by molar-refractivity contribution is 5.95. The van der Waals surface area contributed by atoms with Crippen molar-refractivity contribution in [1.82, 2.24) is 10.2 Å². The molecule has 1 heterocycles. The SMILES string of the molecule is COc1cc(C(=O)N[C@@H](C)c2ccc(-c3ccccc3)cc2)ccc1OCC(=O)N1CCOCC1. The fourth-order valence-electron chi connectivity index (χ4n) is 3.93. The van der Waals surface area contributed by atoms with Crippen LogP contribution in [0.25, 0.3) is 11.1 Å². The van der Waals surface area contributed by atoms with E-state index in [4.69, 9.17) is 14.2 Å². The third-order valence-electron chi connectivity index (χ3n) is 6.01. The second-order valence-corrected chi connectivity index (χ2v) is 8.33. The lowest BCUT2D eigenvalue weighted by atomic mass is 10.0. The summed E-state index contributed by atoms with van der Waals surface area (Å²) in [6.07, 6.45) is 0. The van der Waals surface area contributed by atoms with Gasteiger partial charge in [0.25, 0.3) is 11.8 Å². The van der Waals surface area contributed by atoms with Gasteiger partial charge in [-0.2, -0.15) is 0 Å². The summed E-state index contributed by atoms with van der Waals surface area (Å²) in [7, 11) is 1.50. The quantitative estimate of drug-likeness (QED) is 0.532. The largest absolute Gasteiger partial charge is 0.493 e. The van der Waals surface area contributed by atoms with Gasteiger partial charge in [-0.05, 0) is 41.8 Å². The van der Waals surface area contributed by atoms with Gasteiger partial charge < -0.3 is 24.4 Å². The van der Waals surface area contributed by atoms with Crippen LogP contribution in [0.2, 0.25) is 0 Å². The summed E-state index contributed by atoms with van der Waals surface area (Å²) in [6.45, 7) is 4.04. The van der Waals surface area contributed by atoms with E-state index in [1.54, 1.807) is 23.1 Å². The van der Waals surface area contributed by atoms with E-state index in [0.29, 0.717) is 43.4 Å². The summed E-state index contributed by atoms with van der Waals surface area (Å²) in [6, 6.07) is 23.1. The maximum Gasteiger partial charge on any atom is 0.260 e. The Morgan fingerprint density at radius 2 is 1.63 bits per heavy atom. The van der Waals surface area contributed by atoms with Crippen LogP contribution in [-0.4, -0.2) is 56.7 Å². The first kappa shape index (κ1) is 24.3. The number of hydrogen-bond donors (Lipinski definition) is 1. The van der Waals surface area contributed by atoms with E-state index in [0.717, 1.165) is 16.7 Å². The van der Waals surface area contributed by atoms with Crippen molar-refractivity contribution in [2.75, 3.05) is 40.0 Å². The summed E-state index contributed by atoms with van der Waals surface area (Å²) in [5, 5.41) is 3.03. The molecule has 0 radical (unpaired) electrons. The Labute approximate surface area is 205 Å². The second-order valence-electron chi connectivity index (χ2n) is 8.33. The molecule has 1 fully saturated rings. The van der Waals surface area contributed by atoms with Crippen LogP contribution in [0.3, 0.4) is 0 Å². The highest BCUT2D eigenvalue weighted by Crippen LogP contribution is 2.29. The molecule has 0 aliphatic carbocycles. The Kier molecular flexibility index (Phi) is 8.00. The first-order chi connectivity index (χ1) is 17.0. The Hall–Kier alpha value is -3.84. The number of nitrogens with one attached hydrogen (secondary N) is 1. The topological polar surface area (TPSA) is 77.1 Å². The average molecular weight is 475 g/mol. The molecular weight excluding hydrogens is 444 g/mol. The molecule has 0 spiro atoms. The maximum atomic E-state index is 12.9. The molecule has 3 aromatic rings. The number of nitrogens with zero attached hydrogens (tertiary/aromatic N) is 1. The molecule has 0 unspecified atom stereocenters. The number of hydrogen-bond acceptors (Lipinski definition) is 5. The van der Waals surface area contributed by atoms with Gasteiger partial charge in [0.05, 0.1) is 26.4 Å². The minimum atomic E-state index is -0.223. The zero-order valence-electron chi connectivity index (χ0n) is 20.0. The highest BCUT2D eigenvalue weighted by atomic mass is 16.5. The average Bonchev–Trinajstić information content (AvgIpc) is 2.92. The van der Waals surface area contributed by atoms with Crippen LogP contribution in [-0.2, 0) is 9.53 Å². The molecule has 7 heteroatoms. The first-order valence-electron chi connectivity index (χ1n) is 11.7. The summed E-state index contributed by atoms with van der Waals surface area (Å²) < 4.78 is 16.4. The number of morpholine rings is 1. The van der Waals surface area contributed by atoms with Crippen LogP contribution in [0.15, 0.2) is 72.8 Å². The van der Waals surface area contributed by atoms with Gasteiger partial charge in [0, 0.05) is 18.7 Å². The van der Waals surface area contributed by atoms with Crippen molar-refractivity contribution in [2.24, 2.45) is 0 Å². The Morgan fingerprint density at radius 1 is 0.943 bits per heavy atom. The van der Waals surface area contributed by atoms with Gasteiger partial charge in [0.15, 0.2) is 18.1 Å². The van der Waals surface area contributed by atoms with Crippen LogP contribution < -0.4 is 14.8 Å². The van der Waals surface area contributed by atoms with Crippen LogP contribution in [0.1, 0.15) is 28.9 Å². The molecular formula is C28H30N2O5. The van der Waals surface area contributed by atoms with Gasteiger partial charge >= 0.3 is 0 Å². The second kappa shape index (κ2) is 11.5. The van der Waals surface area contributed by atoms with E-state index >= 15 is 0 Å². The minimum absolute atomic E-state index is 0.0993. The number of rotatable bonds is 8. The van der Waals surface area contributed by atoms with Crippen molar-refractivity contribution in [1.29, 1.82) is 0 Å². The first-order valence-corrected chi connectivity index (χ1v) is 11.7. The van der Waals surface area contributed by atoms with Crippen LogP contribution in [0, 0.1) is 0 Å². The summed E-state index contributed by atoms with van der Waals surface area (Å²) in [4.78, 5) is 26.9. The molecule has 1 aliphatic rings. The van der Waals surface area contributed by atoms with Gasteiger partial charge in [0.1, 0.15) is 0 Å². The molecule has 0 aromatic heterocycles. The fourth-order valence-corrected chi connectivity index (χ4v) is 3.93. The molecule has 1 N–H and O–H groups in total. The lowest BCUT2D eigenvalue weighted by Gasteiger charge is -2.26. The number of methoxy groups -OCH3 is 1. The normalized spacial score (nSPS) is 14.2. The number of carbonyl (C=O) groups is 2. The van der Waals surface area contributed by atoms with E-state index in [1.165, 1.54) is 7.11 Å². The third kappa shape index (κ3) is 6.19. The molecule has 0 saturated carbocycles. The Morgan fingerprint density at radius 3 is 2.31 bits per heavy atom. The van der Waals surface area contributed by atoms with E-state index in [9.17, 15) is 9.59 Å². The number of carbonyl (C=O) groups excluding carboxylic acids is 2. The molecule has 3 aromatic carbocycles. The predicted octanol–water partition coefficient (Wildman–Crippen LogP) is 4.09. The lowest BCUT2D eigenvalue weighted by Crippen LogP contribution is -2.43. The van der Waals surface area contributed by atoms with Gasteiger partial charge in [0.2, 0.25) is 0 Å². The molecule has 182 valence electrons. The van der Waals surface area contributed by atoms with Gasteiger partial charge in [-0.3, -0.25) is 9.59 Å². The van der Waals surface area contributed by atoms with E-state index in [2.05, 4.69) is 29.6 Å². The van der Waals surface area contributed by atoms with Crippen molar-refractivity contribution in [3.63, 3.8) is 0 Å². The number of benzene rings is 3. The molecule has 2 amide bonds. The van der Waals surface area contributed by atoms with Crippen LogP contribution >= 0.6 is 0 Å². The Balaban J connectivity index is 1.36. The van der Waals surface area contributed by atoms with Gasteiger partial charge in [-0.1, -0.05) is 54.6 Å². The molecule has 1 saturated heterocycles. The minimum Gasteiger partial charge on any atom is -0.493 e. The highest BCUT2D eigenvalue weighted by Gasteiger charge is 2.19. The molecule has 4 rings (SSSR count). The maximum absolute atomic E-state index is 12.9. The van der Waals surface area contributed by atoms with Crippen molar-refractivity contribution in [3.05, 3.63) is 83.9 Å². The molecule has 7 nitrogen and oxygen atoms in total. The zero-order valence-corrected chi connectivity index (χ0v) is 20.0. The van der Waals surface area contributed by atoms with Crippen molar-refractivity contribution < 1.29 is 23.8 Å². The van der Waals surface area contributed by atoms with Crippen LogP contribution in [0.5, 0.6) is 11.5 Å². The van der Waals surface area contributed by atoms with E-state index in [-0.39, 0.29) is 24.5 Å². The van der Waals surface area contributed by atoms with Crippen molar-refractivity contribution in [2.45, 2.75) is 13.0 Å². The molecule has 1 atom stereocenters. The van der Waals surface area contributed by atoms with Gasteiger partial charge in [-0.25, -0.2) is 0 Å². The predicted molar refractivity (Wildman–Crippen MR) is 134 cm³/mol. The number of ether oxygens (including phenoxy) is 3. The monoisotopic (exact) mass is 474 g/mol. The Bertz CT molecular complexity index is 1140. The molecule has 1 aliphatic heterocycles. The summed E-state index contributed by atoms with van der Waals surface area (Å²) >= 11 is 0. The van der Waals surface area contributed by atoms with Crippen molar-refractivity contribution >= 4 is 11.8 Å². The fraction of sp³-hybridized carbons (Fsp3) is 0.286. The summed E-state index contributed by atoms with van der Waals surface area (Å²) in [5.41, 5.74) is 3.73. The zero-order chi connectivity index (χ0) is 24.6. The lowest BCUT2D eigenvalue weighted by molar-refractivity contribution is -0.137. The molecule has 0 bridgehead atoms. The third-order valence-corrected chi connectivity index (χ3v) is 6.01. The molecule has 35 heavy (non-hydrogen) atoms. The van der Waals surface area contributed by atoms with Gasteiger partial charge in [-0.15, -0.1) is 0 Å². The van der Waals surface area contributed by atoms with Crippen molar-refractivity contribution in [3.8, 4) is 22.6 Å². The van der Waals surface area contributed by atoms with Crippen LogP contribution in [0.4, 0.5) is 0 Å². The van der Waals surface area contributed by atoms with E-state index < -0.39 is 0 Å².